The van der Waals surface area contributed by atoms with E-state index in [-0.39, 0.29) is 18.5 Å². The van der Waals surface area contributed by atoms with E-state index in [2.05, 4.69) is 4.98 Å². The molecule has 13 heavy (non-hydrogen) atoms. The van der Waals surface area contributed by atoms with E-state index in [0.29, 0.717) is 5.69 Å². The summed E-state index contributed by atoms with van der Waals surface area (Å²) < 4.78 is 18.4. The Kier molecular flexibility index (Phi) is 3.37. The van der Waals surface area contributed by atoms with Crippen LogP contribution in [0.2, 0.25) is 0 Å². The summed E-state index contributed by atoms with van der Waals surface area (Å²) >= 11 is 0. The molecule has 0 bridgehead atoms. The van der Waals surface area contributed by atoms with Crippen molar-refractivity contribution in [1.29, 1.82) is 0 Å². The zero-order chi connectivity index (χ0) is 9.84. The Morgan fingerprint density at radius 3 is 2.77 bits per heavy atom. The minimum absolute atomic E-state index is 0.0995. The number of ether oxygens (including phenoxy) is 1. The second-order valence-corrected chi connectivity index (χ2v) is 3.30. The lowest BCUT2D eigenvalue weighted by Gasteiger charge is -2.07. The summed E-state index contributed by atoms with van der Waals surface area (Å²) in [4.78, 5) is 3.95. The van der Waals surface area contributed by atoms with Crippen LogP contribution in [0.3, 0.4) is 0 Å². The number of aromatic nitrogens is 1. The number of aryl methyl sites for hydroxylation is 1. The van der Waals surface area contributed by atoms with Crippen molar-refractivity contribution in [2.45, 2.75) is 33.5 Å². The average molecular weight is 183 g/mol. The highest BCUT2D eigenvalue weighted by Crippen LogP contribution is 2.08. The maximum absolute atomic E-state index is 13.2. The smallest absolute Gasteiger partial charge is 0.147 e. The molecule has 0 N–H and O–H groups in total. The molecule has 0 atom stereocenters. The van der Waals surface area contributed by atoms with Crippen LogP contribution in [-0.4, -0.2) is 11.1 Å². The molecule has 1 heterocycles. The van der Waals surface area contributed by atoms with Gasteiger partial charge in [0.2, 0.25) is 0 Å². The molecular formula is C10H14FNO. The van der Waals surface area contributed by atoms with Gasteiger partial charge in [-0.15, -0.1) is 0 Å². The molecule has 1 aromatic heterocycles. The van der Waals surface area contributed by atoms with Crippen molar-refractivity contribution in [2.75, 3.05) is 0 Å². The molecule has 0 spiro atoms. The SMILES string of the molecule is Cc1cnc(COC(C)C)c(F)c1. The van der Waals surface area contributed by atoms with Gasteiger partial charge < -0.3 is 4.74 Å². The van der Waals surface area contributed by atoms with Gasteiger partial charge in [0.05, 0.1) is 12.7 Å². The molecule has 0 aliphatic heterocycles. The van der Waals surface area contributed by atoms with Gasteiger partial charge >= 0.3 is 0 Å². The standard InChI is InChI=1S/C10H14FNO/c1-7(2)13-6-10-9(11)4-8(3)5-12-10/h4-5,7H,6H2,1-3H3. The van der Waals surface area contributed by atoms with Gasteiger partial charge in [-0.3, -0.25) is 4.98 Å². The van der Waals surface area contributed by atoms with E-state index < -0.39 is 0 Å². The van der Waals surface area contributed by atoms with E-state index in [4.69, 9.17) is 4.74 Å². The summed E-state index contributed by atoms with van der Waals surface area (Å²) in [6.07, 6.45) is 1.74. The molecule has 0 unspecified atom stereocenters. The molecule has 0 fully saturated rings. The minimum atomic E-state index is -0.291. The largest absolute Gasteiger partial charge is 0.372 e. The number of hydrogen-bond acceptors (Lipinski definition) is 2. The summed E-state index contributed by atoms with van der Waals surface area (Å²) in [6.45, 7) is 5.87. The van der Waals surface area contributed by atoms with Crippen molar-refractivity contribution < 1.29 is 9.13 Å². The van der Waals surface area contributed by atoms with Crippen molar-refractivity contribution in [2.24, 2.45) is 0 Å². The predicted octanol–water partition coefficient (Wildman–Crippen LogP) is 2.45. The molecule has 0 saturated heterocycles. The third-order valence-corrected chi connectivity index (χ3v) is 1.61. The Labute approximate surface area is 77.8 Å². The van der Waals surface area contributed by atoms with Gasteiger partial charge in [0.15, 0.2) is 0 Å². The number of halogens is 1. The Bertz CT molecular complexity index is 286. The van der Waals surface area contributed by atoms with Crippen molar-refractivity contribution in [1.82, 2.24) is 4.98 Å². The lowest BCUT2D eigenvalue weighted by atomic mass is 10.2. The van der Waals surface area contributed by atoms with E-state index in [9.17, 15) is 4.39 Å². The van der Waals surface area contributed by atoms with Gasteiger partial charge in [0.1, 0.15) is 11.5 Å². The van der Waals surface area contributed by atoms with Crippen LogP contribution in [0.15, 0.2) is 12.3 Å². The summed E-state index contributed by atoms with van der Waals surface area (Å²) in [7, 11) is 0. The normalized spacial score (nSPS) is 10.8. The molecular weight excluding hydrogens is 169 g/mol. The van der Waals surface area contributed by atoms with Crippen molar-refractivity contribution in [3.8, 4) is 0 Å². The Balaban J connectivity index is 2.67. The fourth-order valence-electron chi connectivity index (χ4n) is 0.914. The zero-order valence-corrected chi connectivity index (χ0v) is 8.17. The molecule has 0 saturated carbocycles. The van der Waals surface area contributed by atoms with Crippen LogP contribution < -0.4 is 0 Å². The lowest BCUT2D eigenvalue weighted by molar-refractivity contribution is 0.0616. The molecule has 0 radical (unpaired) electrons. The van der Waals surface area contributed by atoms with Crippen LogP contribution in [0.5, 0.6) is 0 Å². The van der Waals surface area contributed by atoms with E-state index >= 15 is 0 Å². The third kappa shape index (κ3) is 3.11. The highest BCUT2D eigenvalue weighted by Gasteiger charge is 2.04. The van der Waals surface area contributed by atoms with Crippen LogP contribution >= 0.6 is 0 Å². The number of pyridine rings is 1. The zero-order valence-electron chi connectivity index (χ0n) is 8.17. The third-order valence-electron chi connectivity index (χ3n) is 1.61. The monoisotopic (exact) mass is 183 g/mol. The van der Waals surface area contributed by atoms with Crippen LogP contribution in [0, 0.1) is 12.7 Å². The van der Waals surface area contributed by atoms with Crippen LogP contribution in [0.4, 0.5) is 4.39 Å². The molecule has 3 heteroatoms. The second-order valence-electron chi connectivity index (χ2n) is 3.30. The molecule has 0 aromatic carbocycles. The molecule has 0 aliphatic carbocycles. The number of rotatable bonds is 3. The predicted molar refractivity (Wildman–Crippen MR) is 48.9 cm³/mol. The van der Waals surface area contributed by atoms with Gasteiger partial charge in [-0.1, -0.05) is 0 Å². The lowest BCUT2D eigenvalue weighted by Crippen LogP contribution is -2.05. The molecule has 72 valence electrons. The van der Waals surface area contributed by atoms with Gasteiger partial charge in [-0.2, -0.15) is 0 Å². The van der Waals surface area contributed by atoms with E-state index in [1.165, 1.54) is 6.07 Å². The molecule has 0 amide bonds. The Hall–Kier alpha value is -0.960. The highest BCUT2D eigenvalue weighted by molar-refractivity contribution is 5.14. The first-order valence-electron chi connectivity index (χ1n) is 4.32. The van der Waals surface area contributed by atoms with Gasteiger partial charge in [0.25, 0.3) is 0 Å². The van der Waals surface area contributed by atoms with Gasteiger partial charge in [0, 0.05) is 6.20 Å². The van der Waals surface area contributed by atoms with Crippen LogP contribution in [0.25, 0.3) is 0 Å². The Morgan fingerprint density at radius 2 is 2.23 bits per heavy atom. The molecule has 0 aliphatic rings. The number of hydrogen-bond donors (Lipinski definition) is 0. The fourth-order valence-corrected chi connectivity index (χ4v) is 0.914. The maximum atomic E-state index is 13.2. The first-order chi connectivity index (χ1) is 6.09. The molecule has 2 nitrogen and oxygen atoms in total. The Morgan fingerprint density at radius 1 is 1.54 bits per heavy atom. The summed E-state index contributed by atoms with van der Waals surface area (Å²) in [5, 5.41) is 0. The average Bonchev–Trinajstić information content (AvgIpc) is 2.02. The molecule has 1 rings (SSSR count). The maximum Gasteiger partial charge on any atom is 0.147 e. The van der Waals surface area contributed by atoms with Gasteiger partial charge in [-0.25, -0.2) is 4.39 Å². The summed E-state index contributed by atoms with van der Waals surface area (Å²) in [5.74, 6) is -0.291. The highest BCUT2D eigenvalue weighted by atomic mass is 19.1. The van der Waals surface area contributed by atoms with E-state index in [1.54, 1.807) is 6.20 Å². The molecule has 1 aromatic rings. The fraction of sp³-hybridized carbons (Fsp3) is 0.500. The summed E-state index contributed by atoms with van der Waals surface area (Å²) in [5.41, 5.74) is 1.20. The summed E-state index contributed by atoms with van der Waals surface area (Å²) in [6, 6.07) is 1.46. The van der Waals surface area contributed by atoms with Crippen molar-refractivity contribution in [3.63, 3.8) is 0 Å². The second kappa shape index (κ2) is 4.33. The number of nitrogens with zero attached hydrogens (tertiary/aromatic N) is 1. The first kappa shape index (κ1) is 10.1. The minimum Gasteiger partial charge on any atom is -0.372 e. The first-order valence-corrected chi connectivity index (χ1v) is 4.32. The van der Waals surface area contributed by atoms with Crippen molar-refractivity contribution in [3.05, 3.63) is 29.3 Å². The quantitative estimate of drug-likeness (QED) is 0.718. The van der Waals surface area contributed by atoms with Crippen LogP contribution in [-0.2, 0) is 11.3 Å². The topological polar surface area (TPSA) is 22.1 Å². The van der Waals surface area contributed by atoms with E-state index in [0.717, 1.165) is 5.56 Å². The van der Waals surface area contributed by atoms with Gasteiger partial charge in [-0.05, 0) is 32.4 Å². The van der Waals surface area contributed by atoms with E-state index in [1.807, 2.05) is 20.8 Å². The van der Waals surface area contributed by atoms with Crippen molar-refractivity contribution >= 4 is 0 Å². The van der Waals surface area contributed by atoms with Crippen LogP contribution in [0.1, 0.15) is 25.1 Å².